The first kappa shape index (κ1) is 15.0. The van der Waals surface area contributed by atoms with Crippen LogP contribution in [0.25, 0.3) is 0 Å². The van der Waals surface area contributed by atoms with Crippen LogP contribution in [0.2, 0.25) is 0 Å². The van der Waals surface area contributed by atoms with Gasteiger partial charge in [-0.1, -0.05) is 6.07 Å². The maximum absolute atomic E-state index is 13.5. The number of hydrogen-bond donors (Lipinski definition) is 1. The Kier molecular flexibility index (Phi) is 4.52. The molecule has 2 aromatic rings. The number of carbonyl (C=O) groups is 1. The van der Waals surface area contributed by atoms with Crippen molar-refractivity contribution in [2.45, 2.75) is 6.54 Å². The molecular formula is C16H16F2N2O. The number of halogens is 2. The highest BCUT2D eigenvalue weighted by atomic mass is 19.1. The van der Waals surface area contributed by atoms with E-state index >= 15 is 0 Å². The third-order valence-electron chi connectivity index (χ3n) is 3.01. The zero-order chi connectivity index (χ0) is 15.4. The van der Waals surface area contributed by atoms with E-state index < -0.39 is 11.6 Å². The van der Waals surface area contributed by atoms with Crippen LogP contribution >= 0.6 is 0 Å². The summed E-state index contributed by atoms with van der Waals surface area (Å²) >= 11 is 0. The molecule has 2 rings (SSSR count). The van der Waals surface area contributed by atoms with Crippen molar-refractivity contribution in [3.8, 4) is 0 Å². The van der Waals surface area contributed by atoms with Crippen LogP contribution in [-0.4, -0.2) is 24.9 Å². The van der Waals surface area contributed by atoms with E-state index in [1.165, 1.54) is 4.90 Å². The van der Waals surface area contributed by atoms with E-state index in [2.05, 4.69) is 5.32 Å². The topological polar surface area (TPSA) is 32.3 Å². The van der Waals surface area contributed by atoms with Crippen LogP contribution in [0, 0.1) is 11.6 Å². The van der Waals surface area contributed by atoms with E-state index in [-0.39, 0.29) is 18.0 Å². The maximum atomic E-state index is 13.5. The van der Waals surface area contributed by atoms with E-state index in [1.54, 1.807) is 38.4 Å². The molecular weight excluding hydrogens is 274 g/mol. The standard InChI is InChI=1S/C16H16F2N2O/c1-20(2)16(21)11-4-3-5-14(9-11)19-10-12-8-13(17)6-7-15(12)18/h3-9,19H,10H2,1-2H3. The first-order valence-electron chi connectivity index (χ1n) is 6.47. The molecule has 0 aliphatic heterocycles. The molecule has 0 aliphatic rings. The van der Waals surface area contributed by atoms with Gasteiger partial charge in [-0.05, 0) is 36.4 Å². The van der Waals surface area contributed by atoms with Crippen LogP contribution in [0.4, 0.5) is 14.5 Å². The number of anilines is 1. The van der Waals surface area contributed by atoms with Crippen LogP contribution in [0.15, 0.2) is 42.5 Å². The second kappa shape index (κ2) is 6.35. The number of carbonyl (C=O) groups excluding carboxylic acids is 1. The summed E-state index contributed by atoms with van der Waals surface area (Å²) in [6.07, 6.45) is 0. The molecule has 0 spiro atoms. The predicted molar refractivity (Wildman–Crippen MR) is 78.1 cm³/mol. The van der Waals surface area contributed by atoms with Gasteiger partial charge in [0.25, 0.3) is 5.91 Å². The van der Waals surface area contributed by atoms with E-state index in [9.17, 15) is 13.6 Å². The highest BCUT2D eigenvalue weighted by molar-refractivity contribution is 5.94. The minimum absolute atomic E-state index is 0.115. The molecule has 0 aromatic heterocycles. The van der Waals surface area contributed by atoms with Gasteiger partial charge in [0.05, 0.1) is 0 Å². The molecule has 1 N–H and O–H groups in total. The molecule has 0 saturated heterocycles. The summed E-state index contributed by atoms with van der Waals surface area (Å²) in [6, 6.07) is 10.2. The molecule has 21 heavy (non-hydrogen) atoms. The van der Waals surface area contributed by atoms with E-state index in [1.807, 2.05) is 0 Å². The number of amides is 1. The molecule has 0 saturated carbocycles. The number of rotatable bonds is 4. The number of benzene rings is 2. The quantitative estimate of drug-likeness (QED) is 0.937. The minimum Gasteiger partial charge on any atom is -0.381 e. The average Bonchev–Trinajstić information content (AvgIpc) is 2.47. The van der Waals surface area contributed by atoms with Crippen molar-refractivity contribution in [2.75, 3.05) is 19.4 Å². The molecule has 110 valence electrons. The Hall–Kier alpha value is -2.43. The Balaban J connectivity index is 2.12. The van der Waals surface area contributed by atoms with E-state index in [0.29, 0.717) is 11.3 Å². The van der Waals surface area contributed by atoms with Crippen LogP contribution in [0.3, 0.4) is 0 Å². The van der Waals surface area contributed by atoms with E-state index in [0.717, 1.165) is 18.2 Å². The van der Waals surface area contributed by atoms with Gasteiger partial charge >= 0.3 is 0 Å². The molecule has 0 atom stereocenters. The number of nitrogens with one attached hydrogen (secondary N) is 1. The van der Waals surface area contributed by atoms with Crippen molar-refractivity contribution >= 4 is 11.6 Å². The second-order valence-corrected chi connectivity index (χ2v) is 4.87. The monoisotopic (exact) mass is 290 g/mol. The second-order valence-electron chi connectivity index (χ2n) is 4.87. The predicted octanol–water partition coefficient (Wildman–Crippen LogP) is 3.28. The summed E-state index contributed by atoms with van der Waals surface area (Å²) in [6.45, 7) is 0.142. The van der Waals surface area contributed by atoms with Crippen LogP contribution in [-0.2, 0) is 6.54 Å². The summed E-state index contributed by atoms with van der Waals surface area (Å²) in [5.74, 6) is -1.07. The summed E-state index contributed by atoms with van der Waals surface area (Å²) in [4.78, 5) is 13.3. The fraction of sp³-hybridized carbons (Fsp3) is 0.188. The fourth-order valence-electron chi connectivity index (χ4n) is 1.90. The lowest BCUT2D eigenvalue weighted by Gasteiger charge is -2.12. The van der Waals surface area contributed by atoms with Crippen molar-refractivity contribution in [1.82, 2.24) is 4.90 Å². The largest absolute Gasteiger partial charge is 0.381 e. The summed E-state index contributed by atoms with van der Waals surface area (Å²) in [5, 5.41) is 2.99. The molecule has 2 aromatic carbocycles. The van der Waals surface area contributed by atoms with Crippen molar-refractivity contribution in [2.24, 2.45) is 0 Å². The van der Waals surface area contributed by atoms with Gasteiger partial charge in [-0.25, -0.2) is 8.78 Å². The van der Waals surface area contributed by atoms with Crippen LogP contribution < -0.4 is 5.32 Å². The molecule has 0 aliphatic carbocycles. The van der Waals surface area contributed by atoms with Crippen molar-refractivity contribution in [3.05, 3.63) is 65.2 Å². The summed E-state index contributed by atoms with van der Waals surface area (Å²) < 4.78 is 26.6. The Morgan fingerprint density at radius 3 is 2.62 bits per heavy atom. The van der Waals surface area contributed by atoms with Gasteiger partial charge in [0, 0.05) is 37.5 Å². The van der Waals surface area contributed by atoms with Gasteiger partial charge < -0.3 is 10.2 Å². The zero-order valence-electron chi connectivity index (χ0n) is 11.9. The van der Waals surface area contributed by atoms with Crippen LogP contribution in [0.1, 0.15) is 15.9 Å². The highest BCUT2D eigenvalue weighted by Crippen LogP contribution is 2.15. The Morgan fingerprint density at radius 2 is 1.90 bits per heavy atom. The third-order valence-corrected chi connectivity index (χ3v) is 3.01. The third kappa shape index (κ3) is 3.78. The Morgan fingerprint density at radius 1 is 1.14 bits per heavy atom. The SMILES string of the molecule is CN(C)C(=O)c1cccc(NCc2cc(F)ccc2F)c1. The lowest BCUT2D eigenvalue weighted by atomic mass is 10.1. The Labute approximate surface area is 122 Å². The molecule has 0 unspecified atom stereocenters. The molecule has 0 bridgehead atoms. The molecule has 5 heteroatoms. The maximum Gasteiger partial charge on any atom is 0.253 e. The van der Waals surface area contributed by atoms with Crippen molar-refractivity contribution in [1.29, 1.82) is 0 Å². The first-order valence-corrected chi connectivity index (χ1v) is 6.47. The molecule has 0 radical (unpaired) electrons. The van der Waals surface area contributed by atoms with Crippen molar-refractivity contribution < 1.29 is 13.6 Å². The van der Waals surface area contributed by atoms with Gasteiger partial charge in [-0.3, -0.25) is 4.79 Å². The lowest BCUT2D eigenvalue weighted by molar-refractivity contribution is 0.0827. The number of nitrogens with zero attached hydrogens (tertiary/aromatic N) is 1. The lowest BCUT2D eigenvalue weighted by Crippen LogP contribution is -2.21. The smallest absolute Gasteiger partial charge is 0.253 e. The summed E-state index contributed by atoms with van der Waals surface area (Å²) in [5.41, 5.74) is 1.44. The van der Waals surface area contributed by atoms with Gasteiger partial charge in [0.1, 0.15) is 11.6 Å². The first-order chi connectivity index (χ1) is 9.97. The van der Waals surface area contributed by atoms with Crippen molar-refractivity contribution in [3.63, 3.8) is 0 Å². The average molecular weight is 290 g/mol. The normalized spacial score (nSPS) is 10.3. The molecule has 0 heterocycles. The summed E-state index contributed by atoms with van der Waals surface area (Å²) in [7, 11) is 3.34. The highest BCUT2D eigenvalue weighted by Gasteiger charge is 2.08. The molecule has 1 amide bonds. The molecule has 0 fully saturated rings. The van der Waals surface area contributed by atoms with Gasteiger partial charge in [0.2, 0.25) is 0 Å². The zero-order valence-corrected chi connectivity index (χ0v) is 11.9. The minimum atomic E-state index is -0.482. The van der Waals surface area contributed by atoms with Gasteiger partial charge in [-0.15, -0.1) is 0 Å². The van der Waals surface area contributed by atoms with E-state index in [4.69, 9.17) is 0 Å². The van der Waals surface area contributed by atoms with Gasteiger partial charge in [-0.2, -0.15) is 0 Å². The van der Waals surface area contributed by atoms with Gasteiger partial charge in [0.15, 0.2) is 0 Å². The Bertz CT molecular complexity index is 656. The van der Waals surface area contributed by atoms with Crippen LogP contribution in [0.5, 0.6) is 0 Å². The fourth-order valence-corrected chi connectivity index (χ4v) is 1.90. The number of hydrogen-bond acceptors (Lipinski definition) is 2. The molecule has 3 nitrogen and oxygen atoms in total.